The number of β-amino-alcohol motifs (C(OH)–C–C–N with tert-alkyl or cyclic N) is 1. The van der Waals surface area contributed by atoms with Gasteiger partial charge in [-0.1, -0.05) is 0 Å². The molecule has 0 bridgehead atoms. The lowest BCUT2D eigenvalue weighted by Gasteiger charge is -2.15. The van der Waals surface area contributed by atoms with Crippen LogP contribution in [0.15, 0.2) is 23.9 Å². The van der Waals surface area contributed by atoms with Gasteiger partial charge in [-0.2, -0.15) is 0 Å². The van der Waals surface area contributed by atoms with Crippen LogP contribution < -0.4 is 5.32 Å². The van der Waals surface area contributed by atoms with Crippen LogP contribution in [0.5, 0.6) is 0 Å². The molecule has 1 aromatic carbocycles. The number of nitro groups is 1. The third kappa shape index (κ3) is 2.82. The molecule has 8 nitrogen and oxygen atoms in total. The number of nitrogens with one attached hydrogen (secondary N) is 1. The molecule has 0 atom stereocenters. The number of hydrogen-bond donors (Lipinski definition) is 2. The number of amides is 2. The molecule has 2 N–H and O–H groups in total. The molecule has 0 aromatic heterocycles. The number of carbonyl (C=O) groups is 2. The average Bonchev–Trinajstić information content (AvgIpc) is 2.70. The molecule has 1 aliphatic heterocycles. The first-order valence-electron chi connectivity index (χ1n) is 6.56. The van der Waals surface area contributed by atoms with E-state index < -0.39 is 16.7 Å². The number of rotatable bonds is 5. The lowest BCUT2D eigenvalue weighted by Crippen LogP contribution is -2.34. The summed E-state index contributed by atoms with van der Waals surface area (Å²) >= 11 is 0. The third-order valence-electron chi connectivity index (χ3n) is 3.32. The Hall–Kier alpha value is -2.74. The molecule has 8 heteroatoms. The van der Waals surface area contributed by atoms with Gasteiger partial charge in [0.2, 0.25) is 0 Å². The summed E-state index contributed by atoms with van der Waals surface area (Å²) in [7, 11) is 0. The van der Waals surface area contributed by atoms with E-state index in [4.69, 9.17) is 5.11 Å². The Balaban J connectivity index is 2.29. The zero-order valence-corrected chi connectivity index (χ0v) is 12.1. The van der Waals surface area contributed by atoms with Crippen LogP contribution in [0, 0.1) is 24.0 Å². The number of benzene rings is 1. The quantitative estimate of drug-likeness (QED) is 0.474. The monoisotopic (exact) mass is 305 g/mol. The van der Waals surface area contributed by atoms with Gasteiger partial charge in [0.1, 0.15) is 5.70 Å². The van der Waals surface area contributed by atoms with Gasteiger partial charge in [-0.15, -0.1) is 0 Å². The zero-order valence-electron chi connectivity index (χ0n) is 12.1. The van der Waals surface area contributed by atoms with Crippen molar-refractivity contribution in [2.24, 2.45) is 0 Å². The van der Waals surface area contributed by atoms with E-state index in [1.165, 1.54) is 12.1 Å². The molecule has 0 spiro atoms. The minimum absolute atomic E-state index is 0.0368. The Morgan fingerprint density at radius 1 is 1.27 bits per heavy atom. The molecule has 0 saturated heterocycles. The van der Waals surface area contributed by atoms with E-state index in [9.17, 15) is 19.7 Å². The first-order valence-corrected chi connectivity index (χ1v) is 6.56. The largest absolute Gasteiger partial charge is 0.395 e. The maximum absolute atomic E-state index is 12.1. The fourth-order valence-electron chi connectivity index (χ4n) is 2.29. The number of carbonyl (C=O) groups excluding carboxylic acids is 2. The second-order valence-electron chi connectivity index (χ2n) is 4.91. The van der Waals surface area contributed by atoms with E-state index in [0.29, 0.717) is 16.8 Å². The van der Waals surface area contributed by atoms with Crippen molar-refractivity contribution in [2.75, 3.05) is 18.5 Å². The summed E-state index contributed by atoms with van der Waals surface area (Å²) in [5.74, 6) is -1.03. The average molecular weight is 305 g/mol. The Morgan fingerprint density at radius 2 is 1.86 bits per heavy atom. The van der Waals surface area contributed by atoms with Crippen LogP contribution in [0.1, 0.15) is 11.1 Å². The van der Waals surface area contributed by atoms with Crippen LogP contribution in [0.25, 0.3) is 0 Å². The van der Waals surface area contributed by atoms with Crippen molar-refractivity contribution in [3.63, 3.8) is 0 Å². The number of aryl methyl sites for hydroxylation is 2. The minimum atomic E-state index is -0.531. The van der Waals surface area contributed by atoms with Crippen molar-refractivity contribution in [1.29, 1.82) is 0 Å². The molecular weight excluding hydrogens is 290 g/mol. The number of aliphatic hydroxyl groups excluding tert-OH is 1. The van der Waals surface area contributed by atoms with Gasteiger partial charge in [0.15, 0.2) is 0 Å². The molecule has 1 aliphatic rings. The van der Waals surface area contributed by atoms with Crippen LogP contribution in [0.3, 0.4) is 0 Å². The molecule has 0 unspecified atom stereocenters. The van der Waals surface area contributed by atoms with Gasteiger partial charge < -0.3 is 10.4 Å². The standard InChI is InChI=1S/C14H15N3O5/c1-8-5-10(17(21)22)6-9(2)13(8)15-11-7-12(19)16(3-4-18)14(11)20/h5-7,15,18H,3-4H2,1-2H3. The molecule has 116 valence electrons. The number of non-ortho nitro benzene ring substituents is 1. The number of hydrogen-bond acceptors (Lipinski definition) is 6. The van der Waals surface area contributed by atoms with Gasteiger partial charge in [0.25, 0.3) is 17.5 Å². The number of anilines is 1. The second kappa shape index (κ2) is 5.94. The van der Waals surface area contributed by atoms with Crippen molar-refractivity contribution in [1.82, 2.24) is 4.90 Å². The highest BCUT2D eigenvalue weighted by atomic mass is 16.6. The van der Waals surface area contributed by atoms with Crippen molar-refractivity contribution in [2.45, 2.75) is 13.8 Å². The second-order valence-corrected chi connectivity index (χ2v) is 4.91. The molecule has 2 amide bonds. The van der Waals surface area contributed by atoms with Crippen LogP contribution in [0.4, 0.5) is 11.4 Å². The summed E-state index contributed by atoms with van der Waals surface area (Å²) in [4.78, 5) is 35.0. The van der Waals surface area contributed by atoms with Gasteiger partial charge in [0, 0.05) is 23.9 Å². The Bertz CT molecular complexity index is 673. The van der Waals surface area contributed by atoms with Crippen molar-refractivity contribution >= 4 is 23.2 Å². The molecule has 1 heterocycles. The number of nitro benzene ring substituents is 1. The van der Waals surface area contributed by atoms with Crippen LogP contribution in [-0.4, -0.2) is 39.9 Å². The fraction of sp³-hybridized carbons (Fsp3) is 0.286. The highest BCUT2D eigenvalue weighted by Gasteiger charge is 2.31. The molecule has 2 rings (SSSR count). The van der Waals surface area contributed by atoms with E-state index in [-0.39, 0.29) is 24.5 Å². The number of imide groups is 1. The lowest BCUT2D eigenvalue weighted by molar-refractivity contribution is -0.384. The van der Waals surface area contributed by atoms with E-state index in [2.05, 4.69) is 5.32 Å². The first kappa shape index (κ1) is 15.6. The van der Waals surface area contributed by atoms with Crippen molar-refractivity contribution in [3.05, 3.63) is 45.1 Å². The van der Waals surface area contributed by atoms with Crippen LogP contribution in [0.2, 0.25) is 0 Å². The first-order chi connectivity index (χ1) is 10.3. The van der Waals surface area contributed by atoms with Crippen molar-refractivity contribution in [3.8, 4) is 0 Å². The molecule has 1 aromatic rings. The minimum Gasteiger partial charge on any atom is -0.395 e. The SMILES string of the molecule is Cc1cc([N+](=O)[O-])cc(C)c1NC1=CC(=O)N(CCO)C1=O. The van der Waals surface area contributed by atoms with E-state index in [1.54, 1.807) is 13.8 Å². The molecular formula is C14H15N3O5. The molecule has 0 aliphatic carbocycles. The van der Waals surface area contributed by atoms with Gasteiger partial charge in [0.05, 0.1) is 18.1 Å². The maximum Gasteiger partial charge on any atom is 0.277 e. The highest BCUT2D eigenvalue weighted by Crippen LogP contribution is 2.28. The summed E-state index contributed by atoms with van der Waals surface area (Å²) in [5.41, 5.74) is 1.77. The topological polar surface area (TPSA) is 113 Å². The Labute approximate surface area is 126 Å². The van der Waals surface area contributed by atoms with Crippen molar-refractivity contribution < 1.29 is 19.6 Å². The van der Waals surface area contributed by atoms with Crippen LogP contribution in [-0.2, 0) is 9.59 Å². The molecule has 0 fully saturated rings. The summed E-state index contributed by atoms with van der Waals surface area (Å²) in [6.07, 6.45) is 1.15. The van der Waals surface area contributed by atoms with Crippen LogP contribution >= 0.6 is 0 Å². The fourth-order valence-corrected chi connectivity index (χ4v) is 2.29. The number of nitrogens with zero attached hydrogens (tertiary/aromatic N) is 2. The Morgan fingerprint density at radius 3 is 2.36 bits per heavy atom. The maximum atomic E-state index is 12.1. The smallest absolute Gasteiger partial charge is 0.277 e. The van der Waals surface area contributed by atoms with Gasteiger partial charge in [-0.3, -0.25) is 24.6 Å². The van der Waals surface area contributed by atoms with E-state index in [1.807, 2.05) is 0 Å². The molecule has 0 radical (unpaired) electrons. The lowest BCUT2D eigenvalue weighted by atomic mass is 10.1. The molecule has 0 saturated carbocycles. The normalized spacial score (nSPS) is 14.3. The summed E-state index contributed by atoms with van der Waals surface area (Å²) in [5, 5.41) is 22.5. The zero-order chi connectivity index (χ0) is 16.4. The predicted molar refractivity (Wildman–Crippen MR) is 78.1 cm³/mol. The van der Waals surface area contributed by atoms with E-state index in [0.717, 1.165) is 11.0 Å². The third-order valence-corrected chi connectivity index (χ3v) is 3.32. The predicted octanol–water partition coefficient (Wildman–Crippen LogP) is 0.869. The summed E-state index contributed by atoms with van der Waals surface area (Å²) in [6, 6.07) is 2.78. The summed E-state index contributed by atoms with van der Waals surface area (Å²) < 4.78 is 0. The van der Waals surface area contributed by atoms with Gasteiger partial charge in [-0.05, 0) is 25.0 Å². The number of aliphatic hydroxyl groups is 1. The molecule has 22 heavy (non-hydrogen) atoms. The van der Waals surface area contributed by atoms with Gasteiger partial charge >= 0.3 is 0 Å². The van der Waals surface area contributed by atoms with E-state index >= 15 is 0 Å². The van der Waals surface area contributed by atoms with Gasteiger partial charge in [-0.25, -0.2) is 0 Å². The highest BCUT2D eigenvalue weighted by molar-refractivity contribution is 6.17. The summed E-state index contributed by atoms with van der Waals surface area (Å²) in [6.45, 7) is 2.97. The Kier molecular flexibility index (Phi) is 4.22.